The van der Waals surface area contributed by atoms with E-state index in [9.17, 15) is 43.2 Å². The van der Waals surface area contributed by atoms with Crippen LogP contribution in [0.2, 0.25) is 0 Å². The quantitative estimate of drug-likeness (QED) is 0.0169. The molecule has 0 saturated heterocycles. The Morgan fingerprint density at radius 2 is 0.491 bits per heavy atom. The van der Waals surface area contributed by atoms with Gasteiger partial charge in [0.25, 0.3) is 0 Å². The fraction of sp³-hybridized carbons (Fsp3) is 0.640. The van der Waals surface area contributed by atoms with Crippen molar-refractivity contribution in [3.05, 3.63) is 170 Å². The van der Waals surface area contributed by atoms with Gasteiger partial charge in [0.2, 0.25) is 0 Å². The Morgan fingerprint density at radius 3 is 0.824 bits per heavy atom. The number of aliphatic hydroxyl groups excluding tert-OH is 1. The molecule has 0 aliphatic heterocycles. The van der Waals surface area contributed by atoms with Crippen molar-refractivity contribution >= 4 is 39.5 Å². The topological polar surface area (TPSA) is 237 Å². The number of hydrogen-bond acceptors (Lipinski definition) is 15. The molecule has 0 rings (SSSR count). The summed E-state index contributed by atoms with van der Waals surface area (Å²) in [6.45, 7) is 4.52. The molecule has 0 aliphatic rings. The number of esters is 4. The minimum absolute atomic E-state index is 0.00106. The van der Waals surface area contributed by atoms with Crippen molar-refractivity contribution < 1.29 is 80.2 Å². The molecule has 614 valence electrons. The summed E-state index contributed by atoms with van der Waals surface area (Å²) >= 11 is 0. The number of carbonyl (C=O) groups excluding carboxylic acids is 4. The largest absolute Gasteiger partial charge is 0.472 e. The molecule has 0 fully saturated rings. The molecule has 108 heavy (non-hydrogen) atoms. The Kier molecular flexibility index (Phi) is 75.4. The standard InChI is InChI=1S/C89H146O17P2/c1-5-9-13-17-21-25-29-33-37-40-41-44-48-52-56-60-64-68-72-76-89(94)106-84(79-99-86(91)73-69-65-61-57-53-49-45-36-32-28-24-20-16-12-8-4)81-103-107(95,96)101-77-83(90)78-102-108(97,98)104-82-85(105-88(93)75-71-67-63-59-55-51-47-43-39-35-31-27-23-19-15-11-7-3)80-100-87(92)74-70-66-62-58-54-50-46-42-38-34-30-26-22-18-14-10-6-2/h9,13,21-23,25-28,32-35,37-39,41,44,46-47,50-52,56,58-59,62-63,83-85,90H,5-8,10-12,14-20,24,29-31,36,40,42-43,45,48-49,53-55,57,60-61,64-82H2,1-4H3,(H,95,96)(H,97,98)/b13-9-,25-21-,26-22-,27-23-,32-28-,37-33-,38-34-,39-35-,44-41-,50-46-,51-47-,56-52-,62-58-,63-59-/t83-,84+,85+/m0/s1. The zero-order valence-electron chi connectivity index (χ0n) is 67.2. The lowest BCUT2D eigenvalue weighted by atomic mass is 10.1. The number of hydrogen-bond donors (Lipinski definition) is 3. The minimum atomic E-state index is -5.02. The van der Waals surface area contributed by atoms with Gasteiger partial charge in [-0.15, -0.1) is 0 Å². The Hall–Kier alpha value is -5.58. The van der Waals surface area contributed by atoms with E-state index in [1.165, 1.54) is 64.2 Å². The first-order chi connectivity index (χ1) is 52.7. The summed E-state index contributed by atoms with van der Waals surface area (Å²) in [5, 5.41) is 10.7. The zero-order valence-corrected chi connectivity index (χ0v) is 69.0. The second kappa shape index (κ2) is 79.5. The number of unbranched alkanes of at least 4 members (excludes halogenated alkanes) is 22. The Balaban J connectivity index is 5.53. The second-order valence-corrected chi connectivity index (χ2v) is 29.9. The summed E-state index contributed by atoms with van der Waals surface area (Å²) in [6.07, 6.45) is 94.8. The van der Waals surface area contributed by atoms with Crippen molar-refractivity contribution in [1.29, 1.82) is 0 Å². The lowest BCUT2D eigenvalue weighted by Gasteiger charge is -2.21. The van der Waals surface area contributed by atoms with Crippen LogP contribution in [0.3, 0.4) is 0 Å². The van der Waals surface area contributed by atoms with Crippen molar-refractivity contribution in [2.24, 2.45) is 0 Å². The monoisotopic (exact) mass is 1550 g/mol. The van der Waals surface area contributed by atoms with Crippen molar-refractivity contribution in [2.75, 3.05) is 39.6 Å². The number of phosphoric ester groups is 2. The molecule has 3 N–H and O–H groups in total. The predicted octanol–water partition coefficient (Wildman–Crippen LogP) is 24.6. The Morgan fingerprint density at radius 1 is 0.269 bits per heavy atom. The van der Waals surface area contributed by atoms with Crippen molar-refractivity contribution in [3.8, 4) is 0 Å². The van der Waals surface area contributed by atoms with Gasteiger partial charge in [-0.2, -0.15) is 0 Å². The Bertz CT molecular complexity index is 2710. The Labute approximate surface area is 654 Å². The van der Waals surface area contributed by atoms with E-state index < -0.39 is 97.5 Å². The average Bonchev–Trinajstić information content (AvgIpc) is 0.907. The molecule has 0 bridgehead atoms. The first-order valence-electron chi connectivity index (χ1n) is 41.4. The van der Waals surface area contributed by atoms with Crippen LogP contribution < -0.4 is 0 Å². The van der Waals surface area contributed by atoms with Gasteiger partial charge in [0, 0.05) is 25.7 Å². The van der Waals surface area contributed by atoms with Gasteiger partial charge in [-0.05, 0) is 173 Å². The van der Waals surface area contributed by atoms with E-state index in [0.717, 1.165) is 154 Å². The van der Waals surface area contributed by atoms with Gasteiger partial charge in [0.1, 0.15) is 19.3 Å². The van der Waals surface area contributed by atoms with Gasteiger partial charge in [-0.3, -0.25) is 37.3 Å². The fourth-order valence-corrected chi connectivity index (χ4v) is 11.9. The number of rotatable bonds is 76. The third kappa shape index (κ3) is 78.5. The maximum absolute atomic E-state index is 13.1. The smallest absolute Gasteiger partial charge is 0.462 e. The van der Waals surface area contributed by atoms with Gasteiger partial charge < -0.3 is 33.8 Å². The summed E-state index contributed by atoms with van der Waals surface area (Å²) in [4.78, 5) is 73.1. The molecular formula is C89H146O17P2. The molecular weight excluding hydrogens is 1400 g/mol. The molecule has 0 spiro atoms. The zero-order chi connectivity index (χ0) is 78.9. The minimum Gasteiger partial charge on any atom is -0.462 e. The van der Waals surface area contributed by atoms with E-state index >= 15 is 0 Å². The van der Waals surface area contributed by atoms with Crippen LogP contribution in [0.5, 0.6) is 0 Å². The van der Waals surface area contributed by atoms with Crippen LogP contribution in [0.4, 0.5) is 0 Å². The number of carbonyl (C=O) groups is 4. The highest BCUT2D eigenvalue weighted by molar-refractivity contribution is 7.47. The normalized spacial score (nSPS) is 14.7. The molecule has 5 atom stereocenters. The first-order valence-corrected chi connectivity index (χ1v) is 44.4. The molecule has 19 heteroatoms. The summed E-state index contributed by atoms with van der Waals surface area (Å²) in [7, 11) is -10.0. The first kappa shape index (κ1) is 102. The highest BCUT2D eigenvalue weighted by Crippen LogP contribution is 2.45. The van der Waals surface area contributed by atoms with E-state index in [1.807, 2.05) is 24.3 Å². The van der Waals surface area contributed by atoms with Gasteiger partial charge in [0.15, 0.2) is 12.2 Å². The summed E-state index contributed by atoms with van der Waals surface area (Å²) in [6, 6.07) is 0. The number of ether oxygens (including phenoxy) is 4. The van der Waals surface area contributed by atoms with E-state index in [-0.39, 0.29) is 25.7 Å². The molecule has 0 aromatic carbocycles. The maximum atomic E-state index is 13.1. The molecule has 0 saturated carbocycles. The third-order valence-corrected chi connectivity index (χ3v) is 18.5. The summed E-state index contributed by atoms with van der Waals surface area (Å²) in [5.41, 5.74) is 0. The second-order valence-electron chi connectivity index (χ2n) is 27.0. The van der Waals surface area contributed by atoms with E-state index in [0.29, 0.717) is 38.5 Å². The van der Waals surface area contributed by atoms with Gasteiger partial charge in [0.05, 0.1) is 26.4 Å². The SMILES string of the molecule is CC/C=C\C/C=C\C/C=C\C/C=C\C/C=C\CCCCCC(=O)O[C@H](COC(=O)CCCCCCCCC/C=C\CCCCCC)COP(=O)(O)OC[C@H](O)COP(=O)(O)OC[C@@H](COC(=O)CCC/C=C\C/C=C\C/C=C\C/C=C\CCCCC)OC(=O)CCC/C=C\C/C=C\C/C=C\C/C=C\CCCCC. The molecule has 0 heterocycles. The fourth-order valence-electron chi connectivity index (χ4n) is 10.3. The van der Waals surface area contributed by atoms with Crippen LogP contribution in [0, 0.1) is 0 Å². The van der Waals surface area contributed by atoms with Gasteiger partial charge in [-0.1, -0.05) is 281 Å². The van der Waals surface area contributed by atoms with Crippen LogP contribution >= 0.6 is 15.6 Å². The number of allylic oxidation sites excluding steroid dienone is 28. The van der Waals surface area contributed by atoms with Crippen LogP contribution in [0.25, 0.3) is 0 Å². The predicted molar refractivity (Wildman–Crippen MR) is 445 cm³/mol. The average molecular weight is 1550 g/mol. The van der Waals surface area contributed by atoms with Crippen molar-refractivity contribution in [3.63, 3.8) is 0 Å². The highest BCUT2D eigenvalue weighted by Gasteiger charge is 2.30. The highest BCUT2D eigenvalue weighted by atomic mass is 31.2. The molecule has 0 aliphatic carbocycles. The molecule has 17 nitrogen and oxygen atoms in total. The molecule has 0 aromatic rings. The third-order valence-electron chi connectivity index (χ3n) is 16.6. The number of aliphatic hydroxyl groups is 1. The van der Waals surface area contributed by atoms with E-state index in [1.54, 1.807) is 0 Å². The maximum Gasteiger partial charge on any atom is 0.472 e. The van der Waals surface area contributed by atoms with Gasteiger partial charge >= 0.3 is 39.5 Å². The lowest BCUT2D eigenvalue weighted by Crippen LogP contribution is -2.30. The number of phosphoric acid groups is 2. The van der Waals surface area contributed by atoms with E-state index in [2.05, 4.69) is 174 Å². The summed E-state index contributed by atoms with van der Waals surface area (Å²) in [5.74, 6) is -2.36. The molecule has 0 amide bonds. The van der Waals surface area contributed by atoms with Crippen molar-refractivity contribution in [1.82, 2.24) is 0 Å². The van der Waals surface area contributed by atoms with Crippen LogP contribution in [0.1, 0.15) is 310 Å². The van der Waals surface area contributed by atoms with Crippen molar-refractivity contribution in [2.45, 2.75) is 329 Å². The summed E-state index contributed by atoms with van der Waals surface area (Å²) < 4.78 is 68.6. The van der Waals surface area contributed by atoms with E-state index in [4.69, 9.17) is 37.0 Å². The lowest BCUT2D eigenvalue weighted by molar-refractivity contribution is -0.161. The molecule has 0 aromatic heterocycles. The van der Waals surface area contributed by atoms with Crippen LogP contribution in [0.15, 0.2) is 170 Å². The van der Waals surface area contributed by atoms with Crippen LogP contribution in [-0.4, -0.2) is 96.7 Å². The van der Waals surface area contributed by atoms with Gasteiger partial charge in [-0.25, -0.2) is 9.13 Å². The molecule has 2 unspecified atom stereocenters. The van der Waals surface area contributed by atoms with Crippen LogP contribution in [-0.2, 0) is 65.4 Å². The molecule has 0 radical (unpaired) electrons.